The number of anilines is 1. The highest BCUT2D eigenvalue weighted by Crippen LogP contribution is 2.19. The summed E-state index contributed by atoms with van der Waals surface area (Å²) in [6.45, 7) is 1.45. The van der Waals surface area contributed by atoms with Gasteiger partial charge in [0.1, 0.15) is 5.75 Å². The maximum absolute atomic E-state index is 11.7. The minimum absolute atomic E-state index is 0.0141. The molecule has 20 heavy (non-hydrogen) atoms. The van der Waals surface area contributed by atoms with Gasteiger partial charge in [0, 0.05) is 13.2 Å². The summed E-state index contributed by atoms with van der Waals surface area (Å²) >= 11 is 0. The van der Waals surface area contributed by atoms with Gasteiger partial charge in [-0.25, -0.2) is 0 Å². The number of benzene rings is 1. The van der Waals surface area contributed by atoms with E-state index in [9.17, 15) is 4.79 Å². The zero-order valence-corrected chi connectivity index (χ0v) is 11.6. The van der Waals surface area contributed by atoms with Crippen molar-refractivity contribution >= 4 is 11.6 Å². The second kappa shape index (κ2) is 7.75. The minimum atomic E-state index is -0.135. The SMILES string of the molecule is Nc1ccccc1OCC(=O)NCCC1CCCCO1. The molecule has 0 bridgehead atoms. The summed E-state index contributed by atoms with van der Waals surface area (Å²) in [4.78, 5) is 11.7. The first-order valence-corrected chi connectivity index (χ1v) is 7.11. The van der Waals surface area contributed by atoms with Crippen molar-refractivity contribution in [1.29, 1.82) is 0 Å². The third-order valence-corrected chi connectivity index (χ3v) is 3.34. The quantitative estimate of drug-likeness (QED) is 0.777. The van der Waals surface area contributed by atoms with Crippen LogP contribution in [0.2, 0.25) is 0 Å². The summed E-state index contributed by atoms with van der Waals surface area (Å²) < 4.78 is 11.0. The van der Waals surface area contributed by atoms with E-state index in [2.05, 4.69) is 5.32 Å². The van der Waals surface area contributed by atoms with Crippen LogP contribution in [0, 0.1) is 0 Å². The van der Waals surface area contributed by atoms with Gasteiger partial charge in [-0.1, -0.05) is 12.1 Å². The van der Waals surface area contributed by atoms with Crippen molar-refractivity contribution in [3.05, 3.63) is 24.3 Å². The van der Waals surface area contributed by atoms with Gasteiger partial charge in [0.15, 0.2) is 6.61 Å². The Hall–Kier alpha value is -1.75. The van der Waals surface area contributed by atoms with Crippen molar-refractivity contribution in [3.63, 3.8) is 0 Å². The summed E-state index contributed by atoms with van der Waals surface area (Å²) in [6, 6.07) is 7.14. The van der Waals surface area contributed by atoms with Gasteiger partial charge in [-0.3, -0.25) is 4.79 Å². The van der Waals surface area contributed by atoms with Gasteiger partial charge >= 0.3 is 0 Å². The van der Waals surface area contributed by atoms with E-state index in [1.54, 1.807) is 12.1 Å². The molecule has 0 aliphatic carbocycles. The maximum Gasteiger partial charge on any atom is 0.257 e. The topological polar surface area (TPSA) is 73.6 Å². The monoisotopic (exact) mass is 278 g/mol. The third-order valence-electron chi connectivity index (χ3n) is 3.34. The van der Waals surface area contributed by atoms with Gasteiger partial charge in [-0.05, 0) is 37.8 Å². The Morgan fingerprint density at radius 2 is 2.25 bits per heavy atom. The van der Waals surface area contributed by atoms with Crippen molar-refractivity contribution in [2.45, 2.75) is 31.8 Å². The van der Waals surface area contributed by atoms with Crippen molar-refractivity contribution in [3.8, 4) is 5.75 Å². The fourth-order valence-electron chi connectivity index (χ4n) is 2.21. The first kappa shape index (κ1) is 14.7. The summed E-state index contributed by atoms with van der Waals surface area (Å²) in [5, 5.41) is 2.83. The number of carbonyl (C=O) groups is 1. The van der Waals surface area contributed by atoms with Crippen LogP contribution in [-0.4, -0.2) is 31.8 Å². The average Bonchev–Trinajstić information content (AvgIpc) is 2.47. The molecule has 1 aromatic carbocycles. The van der Waals surface area contributed by atoms with E-state index in [4.69, 9.17) is 15.2 Å². The van der Waals surface area contributed by atoms with Gasteiger partial charge in [-0.15, -0.1) is 0 Å². The van der Waals surface area contributed by atoms with Crippen molar-refractivity contribution in [2.75, 3.05) is 25.5 Å². The molecule has 5 nitrogen and oxygen atoms in total. The van der Waals surface area contributed by atoms with Crippen LogP contribution in [0.4, 0.5) is 5.69 Å². The number of hydrogen-bond acceptors (Lipinski definition) is 4. The lowest BCUT2D eigenvalue weighted by Gasteiger charge is -2.22. The molecule has 3 N–H and O–H groups in total. The lowest BCUT2D eigenvalue weighted by atomic mass is 10.1. The maximum atomic E-state index is 11.7. The highest BCUT2D eigenvalue weighted by atomic mass is 16.5. The zero-order valence-electron chi connectivity index (χ0n) is 11.6. The number of amides is 1. The molecule has 1 aliphatic heterocycles. The van der Waals surface area contributed by atoms with Crippen LogP contribution in [0.3, 0.4) is 0 Å². The largest absolute Gasteiger partial charge is 0.482 e. The van der Waals surface area contributed by atoms with E-state index in [0.29, 0.717) is 18.0 Å². The standard InChI is InChI=1S/C15H22N2O3/c16-13-6-1-2-7-14(13)20-11-15(18)17-9-8-12-5-3-4-10-19-12/h1-2,6-7,12H,3-5,8-11,16H2,(H,17,18). The van der Waals surface area contributed by atoms with E-state index in [1.807, 2.05) is 12.1 Å². The number of nitrogens with two attached hydrogens (primary N) is 1. The Labute approximate surface area is 119 Å². The number of ether oxygens (including phenoxy) is 2. The van der Waals surface area contributed by atoms with Crippen LogP contribution in [0.1, 0.15) is 25.7 Å². The fraction of sp³-hybridized carbons (Fsp3) is 0.533. The van der Waals surface area contributed by atoms with E-state index in [0.717, 1.165) is 25.9 Å². The Bertz CT molecular complexity index is 431. The molecular weight excluding hydrogens is 256 g/mol. The second-order valence-electron chi connectivity index (χ2n) is 4.95. The average molecular weight is 278 g/mol. The van der Waals surface area contributed by atoms with Crippen molar-refractivity contribution in [1.82, 2.24) is 5.32 Å². The smallest absolute Gasteiger partial charge is 0.257 e. The minimum Gasteiger partial charge on any atom is -0.482 e. The summed E-state index contributed by atoms with van der Waals surface area (Å²) in [5.41, 5.74) is 6.27. The molecular formula is C15H22N2O3. The van der Waals surface area contributed by atoms with Gasteiger partial charge in [0.25, 0.3) is 5.91 Å². The van der Waals surface area contributed by atoms with Crippen LogP contribution in [0.5, 0.6) is 5.75 Å². The van der Waals surface area contributed by atoms with Crippen LogP contribution < -0.4 is 15.8 Å². The lowest BCUT2D eigenvalue weighted by Crippen LogP contribution is -2.32. The predicted molar refractivity (Wildman–Crippen MR) is 77.6 cm³/mol. The summed E-state index contributed by atoms with van der Waals surface area (Å²) in [5.74, 6) is 0.405. The summed E-state index contributed by atoms with van der Waals surface area (Å²) in [7, 11) is 0. The molecule has 1 fully saturated rings. The molecule has 0 saturated carbocycles. The Morgan fingerprint density at radius 1 is 1.40 bits per heavy atom. The predicted octanol–water partition coefficient (Wildman–Crippen LogP) is 1.72. The van der Waals surface area contributed by atoms with Crippen LogP contribution in [0.25, 0.3) is 0 Å². The van der Waals surface area contributed by atoms with E-state index < -0.39 is 0 Å². The van der Waals surface area contributed by atoms with Gasteiger partial charge < -0.3 is 20.5 Å². The number of para-hydroxylation sites is 2. The summed E-state index contributed by atoms with van der Waals surface area (Å²) in [6.07, 6.45) is 4.60. The zero-order chi connectivity index (χ0) is 14.2. The van der Waals surface area contributed by atoms with E-state index in [1.165, 1.54) is 6.42 Å². The molecule has 1 amide bonds. The molecule has 1 heterocycles. The van der Waals surface area contributed by atoms with Crippen LogP contribution in [-0.2, 0) is 9.53 Å². The molecule has 0 aromatic heterocycles. The number of nitrogens with one attached hydrogen (secondary N) is 1. The number of carbonyl (C=O) groups excluding carboxylic acids is 1. The number of rotatable bonds is 6. The van der Waals surface area contributed by atoms with Crippen molar-refractivity contribution < 1.29 is 14.3 Å². The Balaban J connectivity index is 1.62. The third kappa shape index (κ3) is 4.74. The molecule has 5 heteroatoms. The first-order chi connectivity index (χ1) is 9.75. The van der Waals surface area contributed by atoms with Crippen LogP contribution >= 0.6 is 0 Å². The highest BCUT2D eigenvalue weighted by molar-refractivity contribution is 5.77. The fourth-order valence-corrected chi connectivity index (χ4v) is 2.21. The molecule has 110 valence electrons. The van der Waals surface area contributed by atoms with Crippen LogP contribution in [0.15, 0.2) is 24.3 Å². The van der Waals surface area contributed by atoms with Crippen molar-refractivity contribution in [2.24, 2.45) is 0 Å². The molecule has 1 atom stereocenters. The molecule has 0 spiro atoms. The lowest BCUT2D eigenvalue weighted by molar-refractivity contribution is -0.123. The molecule has 1 unspecified atom stereocenters. The number of hydrogen-bond donors (Lipinski definition) is 2. The molecule has 1 aliphatic rings. The van der Waals surface area contributed by atoms with Gasteiger partial charge in [0.05, 0.1) is 11.8 Å². The molecule has 2 rings (SSSR count). The molecule has 1 aromatic rings. The highest BCUT2D eigenvalue weighted by Gasteiger charge is 2.13. The Morgan fingerprint density at radius 3 is 3.00 bits per heavy atom. The molecule has 1 saturated heterocycles. The Kier molecular flexibility index (Phi) is 5.68. The van der Waals surface area contributed by atoms with Gasteiger partial charge in [-0.2, -0.15) is 0 Å². The molecule has 0 radical (unpaired) electrons. The normalized spacial score (nSPS) is 18.5. The number of nitrogen functional groups attached to an aromatic ring is 1. The van der Waals surface area contributed by atoms with Gasteiger partial charge in [0.2, 0.25) is 0 Å². The van der Waals surface area contributed by atoms with E-state index >= 15 is 0 Å². The first-order valence-electron chi connectivity index (χ1n) is 7.11. The van der Waals surface area contributed by atoms with E-state index in [-0.39, 0.29) is 18.6 Å². The second-order valence-corrected chi connectivity index (χ2v) is 4.95.